The first-order valence-corrected chi connectivity index (χ1v) is 8.54. The third-order valence-corrected chi connectivity index (χ3v) is 5.85. The van der Waals surface area contributed by atoms with Gasteiger partial charge in [-0.2, -0.15) is 0 Å². The molecule has 1 aromatic rings. The van der Waals surface area contributed by atoms with Crippen molar-refractivity contribution in [3.05, 3.63) is 20.8 Å². The molecule has 1 spiro atoms. The van der Waals surface area contributed by atoms with Gasteiger partial charge in [0.05, 0.1) is 22.6 Å². The lowest BCUT2D eigenvalue weighted by Gasteiger charge is -2.47. The number of rotatable bonds is 2. The van der Waals surface area contributed by atoms with Crippen molar-refractivity contribution in [1.29, 1.82) is 0 Å². The summed E-state index contributed by atoms with van der Waals surface area (Å²) in [5.74, 6) is 0. The summed E-state index contributed by atoms with van der Waals surface area (Å²) in [5.41, 5.74) is 1.17. The van der Waals surface area contributed by atoms with Gasteiger partial charge in [-0.05, 0) is 38.3 Å². The number of piperidine rings is 1. The molecule has 3 heterocycles. The van der Waals surface area contributed by atoms with Gasteiger partial charge in [-0.15, -0.1) is 11.3 Å². The van der Waals surface area contributed by atoms with E-state index in [0.29, 0.717) is 6.04 Å². The standard InChI is InChI=1S/C15H22ClNO2S/c1-10-8-15(4-5-17(10)9-11(2)18)12-7-14(16)20-13(12)3-6-19-15/h7,10-11,18H,3-6,8-9H2,1-2H3/t10-,11-,15?/m0/s1. The van der Waals surface area contributed by atoms with Crippen LogP contribution in [0.3, 0.4) is 0 Å². The Bertz CT molecular complexity index is 490. The van der Waals surface area contributed by atoms with Crippen LogP contribution in [0, 0.1) is 0 Å². The van der Waals surface area contributed by atoms with E-state index < -0.39 is 0 Å². The monoisotopic (exact) mass is 315 g/mol. The molecule has 0 aliphatic carbocycles. The van der Waals surface area contributed by atoms with E-state index in [2.05, 4.69) is 17.9 Å². The summed E-state index contributed by atoms with van der Waals surface area (Å²) in [6.07, 6.45) is 2.69. The number of ether oxygens (including phenoxy) is 1. The van der Waals surface area contributed by atoms with Gasteiger partial charge < -0.3 is 9.84 Å². The number of hydrogen-bond donors (Lipinski definition) is 1. The van der Waals surface area contributed by atoms with Gasteiger partial charge in [0.15, 0.2) is 0 Å². The number of fused-ring (bicyclic) bond motifs is 2. The molecule has 1 aromatic heterocycles. The van der Waals surface area contributed by atoms with E-state index in [9.17, 15) is 5.11 Å². The highest BCUT2D eigenvalue weighted by atomic mass is 35.5. The third-order valence-electron chi connectivity index (χ3n) is 4.53. The molecule has 0 amide bonds. The normalized spacial score (nSPS) is 32.3. The average molecular weight is 316 g/mol. The van der Waals surface area contributed by atoms with E-state index in [1.54, 1.807) is 11.3 Å². The molecule has 5 heteroatoms. The smallest absolute Gasteiger partial charge is 0.0969 e. The van der Waals surface area contributed by atoms with Crippen molar-refractivity contribution in [3.63, 3.8) is 0 Å². The molecular formula is C15H22ClNO2S. The number of nitrogens with zero attached hydrogens (tertiary/aromatic N) is 1. The minimum atomic E-state index is -0.273. The van der Waals surface area contributed by atoms with E-state index in [1.807, 2.05) is 6.92 Å². The van der Waals surface area contributed by atoms with Crippen molar-refractivity contribution in [2.45, 2.75) is 50.9 Å². The predicted octanol–water partition coefficient (Wildman–Crippen LogP) is 3.03. The van der Waals surface area contributed by atoms with Crippen LogP contribution in [0.4, 0.5) is 0 Å². The number of thiophene rings is 1. The number of likely N-dealkylation sites (tertiary alicyclic amines) is 1. The summed E-state index contributed by atoms with van der Waals surface area (Å²) in [6, 6.07) is 2.53. The van der Waals surface area contributed by atoms with Crippen LogP contribution >= 0.6 is 22.9 Å². The van der Waals surface area contributed by atoms with Crippen LogP contribution in [0.2, 0.25) is 4.34 Å². The summed E-state index contributed by atoms with van der Waals surface area (Å²) in [6.45, 7) is 6.60. The second kappa shape index (κ2) is 5.58. The highest BCUT2D eigenvalue weighted by molar-refractivity contribution is 7.16. The average Bonchev–Trinajstić information content (AvgIpc) is 2.75. The molecule has 1 N–H and O–H groups in total. The van der Waals surface area contributed by atoms with Crippen LogP contribution in [-0.2, 0) is 16.8 Å². The van der Waals surface area contributed by atoms with Crippen LogP contribution in [0.1, 0.15) is 37.1 Å². The van der Waals surface area contributed by atoms with Crippen LogP contribution in [0.25, 0.3) is 0 Å². The Balaban J connectivity index is 1.82. The summed E-state index contributed by atoms with van der Waals surface area (Å²) in [5, 5.41) is 9.60. The Morgan fingerprint density at radius 2 is 2.45 bits per heavy atom. The summed E-state index contributed by atoms with van der Waals surface area (Å²) >= 11 is 7.91. The van der Waals surface area contributed by atoms with E-state index in [1.165, 1.54) is 10.4 Å². The lowest BCUT2D eigenvalue weighted by Crippen LogP contribution is -2.51. The van der Waals surface area contributed by atoms with Crippen molar-refractivity contribution in [1.82, 2.24) is 4.90 Å². The zero-order valence-corrected chi connectivity index (χ0v) is 13.6. The van der Waals surface area contributed by atoms with E-state index in [4.69, 9.17) is 16.3 Å². The molecule has 0 bridgehead atoms. The summed E-state index contributed by atoms with van der Waals surface area (Å²) in [7, 11) is 0. The van der Waals surface area contributed by atoms with Gasteiger partial charge in [0.2, 0.25) is 0 Å². The van der Waals surface area contributed by atoms with Gasteiger partial charge >= 0.3 is 0 Å². The molecule has 0 aromatic carbocycles. The summed E-state index contributed by atoms with van der Waals surface area (Å²) in [4.78, 5) is 3.76. The minimum absolute atomic E-state index is 0.147. The zero-order chi connectivity index (χ0) is 14.3. The van der Waals surface area contributed by atoms with E-state index in [0.717, 1.165) is 43.3 Å². The van der Waals surface area contributed by atoms with Gasteiger partial charge in [0, 0.05) is 30.4 Å². The SMILES string of the molecule is C[C@H](O)CN1CCC2(C[C@@H]1C)OCCc1sc(Cl)cc12. The molecule has 112 valence electrons. The number of aliphatic hydroxyl groups excluding tert-OH is 1. The van der Waals surface area contributed by atoms with Gasteiger partial charge in [-0.1, -0.05) is 11.6 Å². The quantitative estimate of drug-likeness (QED) is 0.910. The number of hydrogen-bond acceptors (Lipinski definition) is 4. The largest absolute Gasteiger partial charge is 0.392 e. The first-order valence-electron chi connectivity index (χ1n) is 7.35. The maximum absolute atomic E-state index is 9.60. The molecule has 3 nitrogen and oxygen atoms in total. The molecular weight excluding hydrogens is 294 g/mol. The number of halogens is 1. The maximum atomic E-state index is 9.60. The molecule has 1 saturated heterocycles. The second-order valence-corrected chi connectivity index (χ2v) is 7.90. The second-order valence-electron chi connectivity index (χ2n) is 6.13. The van der Waals surface area contributed by atoms with E-state index in [-0.39, 0.29) is 11.7 Å². The molecule has 20 heavy (non-hydrogen) atoms. The number of aliphatic hydroxyl groups is 1. The highest BCUT2D eigenvalue weighted by Crippen LogP contribution is 2.46. The van der Waals surface area contributed by atoms with Gasteiger partial charge in [0.1, 0.15) is 0 Å². The van der Waals surface area contributed by atoms with Crippen molar-refractivity contribution >= 4 is 22.9 Å². The zero-order valence-electron chi connectivity index (χ0n) is 12.1. The maximum Gasteiger partial charge on any atom is 0.0969 e. The highest BCUT2D eigenvalue weighted by Gasteiger charge is 2.44. The molecule has 2 aliphatic heterocycles. The van der Waals surface area contributed by atoms with Crippen molar-refractivity contribution in [2.75, 3.05) is 19.7 Å². The molecule has 0 saturated carbocycles. The Labute approximate surface area is 129 Å². The van der Waals surface area contributed by atoms with Crippen molar-refractivity contribution in [2.24, 2.45) is 0 Å². The molecule has 2 aliphatic rings. The topological polar surface area (TPSA) is 32.7 Å². The lowest BCUT2D eigenvalue weighted by molar-refractivity contribution is -0.114. The van der Waals surface area contributed by atoms with Gasteiger partial charge in [-0.3, -0.25) is 4.90 Å². The Morgan fingerprint density at radius 3 is 3.15 bits per heavy atom. The van der Waals surface area contributed by atoms with Crippen LogP contribution < -0.4 is 0 Å². The first kappa shape index (κ1) is 14.8. The molecule has 1 unspecified atom stereocenters. The molecule has 3 rings (SSSR count). The Hall–Kier alpha value is -0.130. The van der Waals surface area contributed by atoms with Gasteiger partial charge in [-0.25, -0.2) is 0 Å². The number of β-amino-alcohol motifs (C(OH)–C–C–N with tert-alkyl or cyclic N) is 1. The molecule has 1 fully saturated rings. The Kier molecular flexibility index (Phi) is 4.13. The van der Waals surface area contributed by atoms with Crippen molar-refractivity contribution < 1.29 is 9.84 Å². The van der Waals surface area contributed by atoms with Crippen molar-refractivity contribution in [3.8, 4) is 0 Å². The van der Waals surface area contributed by atoms with Crippen LogP contribution in [0.15, 0.2) is 6.07 Å². The fraction of sp³-hybridized carbons (Fsp3) is 0.733. The van der Waals surface area contributed by atoms with E-state index >= 15 is 0 Å². The first-order chi connectivity index (χ1) is 9.50. The van der Waals surface area contributed by atoms with Gasteiger partial charge in [0.25, 0.3) is 0 Å². The molecule has 3 atom stereocenters. The fourth-order valence-corrected chi connectivity index (χ4v) is 4.96. The third kappa shape index (κ3) is 2.64. The minimum Gasteiger partial charge on any atom is -0.392 e. The Morgan fingerprint density at radius 1 is 1.65 bits per heavy atom. The fourth-order valence-electron chi connectivity index (χ4n) is 3.62. The van der Waals surface area contributed by atoms with Crippen LogP contribution in [0.5, 0.6) is 0 Å². The predicted molar refractivity (Wildman–Crippen MR) is 82.6 cm³/mol. The summed E-state index contributed by atoms with van der Waals surface area (Å²) < 4.78 is 7.10. The lowest BCUT2D eigenvalue weighted by atomic mass is 9.79. The van der Waals surface area contributed by atoms with Crippen LogP contribution in [-0.4, -0.2) is 41.8 Å². The molecule has 0 radical (unpaired) electrons.